The molecule has 0 radical (unpaired) electrons. The highest BCUT2D eigenvalue weighted by molar-refractivity contribution is 7.09. The first-order valence-electron chi connectivity index (χ1n) is 11.1. The van der Waals surface area contributed by atoms with Gasteiger partial charge in [0.15, 0.2) is 0 Å². The summed E-state index contributed by atoms with van der Waals surface area (Å²) in [6, 6.07) is 11.8. The molecule has 1 aromatic carbocycles. The zero-order valence-corrected chi connectivity index (χ0v) is 19.5. The van der Waals surface area contributed by atoms with Gasteiger partial charge in [0.05, 0.1) is 19.9 Å². The van der Waals surface area contributed by atoms with E-state index in [0.717, 1.165) is 54.0 Å². The summed E-state index contributed by atoms with van der Waals surface area (Å²) in [5, 5.41) is 0.805. The van der Waals surface area contributed by atoms with Crippen LogP contribution in [0.4, 0.5) is 5.13 Å². The molecule has 8 heteroatoms. The molecule has 0 bridgehead atoms. The second-order valence-electron chi connectivity index (χ2n) is 8.34. The van der Waals surface area contributed by atoms with E-state index in [2.05, 4.69) is 16.2 Å². The van der Waals surface area contributed by atoms with Crippen LogP contribution < -0.4 is 9.64 Å². The smallest absolute Gasteiger partial charge is 0.224 e. The first-order chi connectivity index (χ1) is 15.6. The zero-order valence-electron chi connectivity index (χ0n) is 18.7. The lowest BCUT2D eigenvalue weighted by atomic mass is 9.99. The minimum atomic E-state index is 0.211. The number of carbonyl (C=O) groups is 1. The molecule has 1 aliphatic rings. The number of anilines is 1. The van der Waals surface area contributed by atoms with E-state index < -0.39 is 0 Å². The monoisotopic (exact) mass is 454 g/mol. The molecule has 0 unspecified atom stereocenters. The van der Waals surface area contributed by atoms with Crippen molar-refractivity contribution in [1.82, 2.24) is 14.3 Å². The van der Waals surface area contributed by atoms with E-state index in [0.29, 0.717) is 31.8 Å². The average molecular weight is 455 g/mol. The number of rotatable bonds is 9. The largest absolute Gasteiger partial charge is 0.497 e. The van der Waals surface area contributed by atoms with E-state index in [4.69, 9.17) is 14.1 Å². The highest BCUT2D eigenvalue weighted by atomic mass is 32.1. The Morgan fingerprint density at radius 1 is 1.28 bits per heavy atom. The minimum absolute atomic E-state index is 0.211. The van der Waals surface area contributed by atoms with E-state index in [-0.39, 0.29) is 5.91 Å². The molecular formula is C24H30N4O3S. The van der Waals surface area contributed by atoms with Gasteiger partial charge < -0.3 is 19.0 Å². The number of carbonyl (C=O) groups excluding carboxylic acids is 1. The molecule has 0 aliphatic carbocycles. The van der Waals surface area contributed by atoms with Crippen molar-refractivity contribution in [2.45, 2.75) is 39.2 Å². The molecule has 0 spiro atoms. The number of benzene rings is 1. The maximum Gasteiger partial charge on any atom is 0.224 e. The summed E-state index contributed by atoms with van der Waals surface area (Å²) in [5.41, 5.74) is 1.10. The molecule has 0 atom stereocenters. The Bertz CT molecular complexity index is 996. The number of nitrogens with zero attached hydrogens (tertiary/aromatic N) is 4. The van der Waals surface area contributed by atoms with Gasteiger partial charge in [0.25, 0.3) is 0 Å². The first-order valence-corrected chi connectivity index (χ1v) is 11.9. The number of hydrogen-bond acceptors (Lipinski definition) is 7. The van der Waals surface area contributed by atoms with Gasteiger partial charge in [0, 0.05) is 44.0 Å². The van der Waals surface area contributed by atoms with Crippen LogP contribution >= 0.6 is 11.5 Å². The SMILES string of the molecule is COc1cccc(Cc2nsc(N(CCC(=O)N3CCC(C)CC3)Cc3ccco3)n2)c1. The van der Waals surface area contributed by atoms with Crippen LogP contribution in [0.1, 0.15) is 43.3 Å². The molecule has 0 N–H and O–H groups in total. The van der Waals surface area contributed by atoms with Crippen molar-refractivity contribution in [3.8, 4) is 5.75 Å². The van der Waals surface area contributed by atoms with Crippen LogP contribution in [0.15, 0.2) is 47.1 Å². The Morgan fingerprint density at radius 2 is 2.12 bits per heavy atom. The van der Waals surface area contributed by atoms with E-state index in [1.807, 2.05) is 41.3 Å². The van der Waals surface area contributed by atoms with Crippen LogP contribution in [0, 0.1) is 5.92 Å². The Balaban J connectivity index is 1.42. The summed E-state index contributed by atoms with van der Waals surface area (Å²) in [4.78, 5) is 21.6. The number of likely N-dealkylation sites (tertiary alicyclic amines) is 1. The highest BCUT2D eigenvalue weighted by Crippen LogP contribution is 2.23. The summed E-state index contributed by atoms with van der Waals surface area (Å²) in [7, 11) is 1.66. The van der Waals surface area contributed by atoms with Gasteiger partial charge in [-0.05, 0) is 48.6 Å². The molecule has 1 saturated heterocycles. The first kappa shape index (κ1) is 22.3. The fourth-order valence-electron chi connectivity index (χ4n) is 3.89. The standard InChI is InChI=1S/C24H30N4O3S/c1-18-8-11-27(12-9-18)23(29)10-13-28(17-21-7-4-14-31-21)24-25-22(26-32-24)16-19-5-3-6-20(15-19)30-2/h3-7,14-15,18H,8-13,16-17H2,1-2H3. The van der Waals surface area contributed by atoms with Crippen LogP contribution in [0.2, 0.25) is 0 Å². The molecule has 32 heavy (non-hydrogen) atoms. The zero-order chi connectivity index (χ0) is 22.3. The van der Waals surface area contributed by atoms with Crippen molar-refractivity contribution >= 4 is 22.6 Å². The van der Waals surface area contributed by atoms with Crippen molar-refractivity contribution in [1.29, 1.82) is 0 Å². The van der Waals surface area contributed by atoms with Gasteiger partial charge in [-0.15, -0.1) is 0 Å². The van der Waals surface area contributed by atoms with Crippen molar-refractivity contribution < 1.29 is 13.9 Å². The molecule has 1 fully saturated rings. The van der Waals surface area contributed by atoms with Gasteiger partial charge in [-0.3, -0.25) is 4.79 Å². The van der Waals surface area contributed by atoms with E-state index in [1.54, 1.807) is 13.4 Å². The molecule has 4 rings (SSSR count). The van der Waals surface area contributed by atoms with Crippen molar-refractivity contribution in [2.24, 2.45) is 5.92 Å². The number of methoxy groups -OCH3 is 1. The number of amides is 1. The number of aromatic nitrogens is 2. The molecule has 1 aliphatic heterocycles. The fourth-order valence-corrected chi connectivity index (χ4v) is 4.60. The maximum atomic E-state index is 12.8. The average Bonchev–Trinajstić information content (AvgIpc) is 3.49. The predicted molar refractivity (Wildman–Crippen MR) is 125 cm³/mol. The molecular weight excluding hydrogens is 424 g/mol. The third kappa shape index (κ3) is 5.88. The molecule has 3 aromatic rings. The van der Waals surface area contributed by atoms with E-state index >= 15 is 0 Å². The summed E-state index contributed by atoms with van der Waals surface area (Å²) >= 11 is 1.36. The van der Waals surface area contributed by atoms with Crippen molar-refractivity contribution in [2.75, 3.05) is 31.6 Å². The summed E-state index contributed by atoms with van der Waals surface area (Å²) in [6.45, 7) is 5.12. The van der Waals surface area contributed by atoms with E-state index in [1.165, 1.54) is 11.5 Å². The van der Waals surface area contributed by atoms with Crippen molar-refractivity contribution in [3.63, 3.8) is 0 Å². The van der Waals surface area contributed by atoms with Gasteiger partial charge >= 0.3 is 0 Å². The number of hydrogen-bond donors (Lipinski definition) is 0. The van der Waals surface area contributed by atoms with Crippen LogP contribution in [0.25, 0.3) is 0 Å². The summed E-state index contributed by atoms with van der Waals surface area (Å²) < 4.78 is 15.4. The normalized spacial score (nSPS) is 14.5. The lowest BCUT2D eigenvalue weighted by molar-refractivity contribution is -0.132. The third-order valence-corrected chi connectivity index (χ3v) is 6.70. The van der Waals surface area contributed by atoms with Gasteiger partial charge in [-0.25, -0.2) is 4.98 Å². The Labute approximate surface area is 193 Å². The van der Waals surface area contributed by atoms with Crippen LogP contribution in [0.5, 0.6) is 5.75 Å². The molecule has 0 saturated carbocycles. The third-order valence-electron chi connectivity index (χ3n) is 5.88. The molecule has 2 aromatic heterocycles. The predicted octanol–water partition coefficient (Wildman–Crippen LogP) is 4.39. The Kier molecular flexibility index (Phi) is 7.42. The van der Waals surface area contributed by atoms with Gasteiger partial charge in [-0.1, -0.05) is 19.1 Å². The van der Waals surface area contributed by atoms with Crippen LogP contribution in [-0.4, -0.2) is 46.9 Å². The Morgan fingerprint density at radius 3 is 2.88 bits per heavy atom. The molecule has 7 nitrogen and oxygen atoms in total. The summed E-state index contributed by atoms with van der Waals surface area (Å²) in [5.74, 6) is 3.34. The second-order valence-corrected chi connectivity index (χ2v) is 9.07. The molecule has 170 valence electrons. The maximum absolute atomic E-state index is 12.8. The van der Waals surface area contributed by atoms with E-state index in [9.17, 15) is 4.79 Å². The van der Waals surface area contributed by atoms with Gasteiger partial charge in [0.1, 0.15) is 17.3 Å². The highest BCUT2D eigenvalue weighted by Gasteiger charge is 2.22. The molecule has 1 amide bonds. The number of ether oxygens (including phenoxy) is 1. The van der Waals surface area contributed by atoms with Crippen LogP contribution in [-0.2, 0) is 17.8 Å². The summed E-state index contributed by atoms with van der Waals surface area (Å²) in [6.07, 6.45) is 4.94. The van der Waals surface area contributed by atoms with Gasteiger partial charge in [-0.2, -0.15) is 4.37 Å². The topological polar surface area (TPSA) is 71.7 Å². The van der Waals surface area contributed by atoms with Crippen molar-refractivity contribution in [3.05, 3.63) is 59.8 Å². The lowest BCUT2D eigenvalue weighted by Gasteiger charge is -2.31. The minimum Gasteiger partial charge on any atom is -0.497 e. The second kappa shape index (κ2) is 10.6. The number of piperidine rings is 1. The lowest BCUT2D eigenvalue weighted by Crippen LogP contribution is -2.39. The molecule has 3 heterocycles. The fraction of sp³-hybridized carbons (Fsp3) is 0.458. The number of furan rings is 1. The van der Waals surface area contributed by atoms with Crippen LogP contribution in [0.3, 0.4) is 0 Å². The Hall–Kier alpha value is -2.87. The quantitative estimate of drug-likeness (QED) is 0.478. The van der Waals surface area contributed by atoms with Gasteiger partial charge in [0.2, 0.25) is 11.0 Å².